The zero-order chi connectivity index (χ0) is 10.3. The van der Waals surface area contributed by atoms with E-state index >= 15 is 0 Å². The largest absolute Gasteiger partial charge is 0.462 e. The Kier molecular flexibility index (Phi) is 6.02. The molecule has 0 heterocycles. The van der Waals surface area contributed by atoms with Crippen molar-refractivity contribution in [3.05, 3.63) is 11.8 Å². The Hall–Kier alpha value is -0.990. The van der Waals surface area contributed by atoms with E-state index < -0.39 is 0 Å². The molecule has 0 atom stereocenters. The molecule has 0 aliphatic rings. The molecule has 13 heavy (non-hydrogen) atoms. The highest BCUT2D eigenvalue weighted by molar-refractivity contribution is 5.87. The number of hydrogen-bond acceptors (Lipinski definition) is 3. The SMILES string of the molecule is CCCCOC(=O)C(C)=CN(C)C. The molecule has 0 unspecified atom stereocenters. The van der Waals surface area contributed by atoms with Crippen molar-refractivity contribution >= 4 is 5.97 Å². The molecule has 0 aliphatic heterocycles. The number of carbonyl (C=O) groups excluding carboxylic acids is 1. The Morgan fingerprint density at radius 2 is 2.08 bits per heavy atom. The fourth-order valence-corrected chi connectivity index (χ4v) is 0.863. The highest BCUT2D eigenvalue weighted by Crippen LogP contribution is 1.99. The lowest BCUT2D eigenvalue weighted by atomic mass is 10.3. The monoisotopic (exact) mass is 185 g/mol. The van der Waals surface area contributed by atoms with Crippen LogP contribution in [0, 0.1) is 0 Å². The summed E-state index contributed by atoms with van der Waals surface area (Å²) in [6.45, 7) is 4.35. The summed E-state index contributed by atoms with van der Waals surface area (Å²) >= 11 is 0. The van der Waals surface area contributed by atoms with Gasteiger partial charge in [0.05, 0.1) is 6.61 Å². The van der Waals surface area contributed by atoms with Crippen LogP contribution in [-0.4, -0.2) is 31.6 Å². The maximum Gasteiger partial charge on any atom is 0.335 e. The molecule has 0 saturated heterocycles. The summed E-state index contributed by atoms with van der Waals surface area (Å²) in [5.41, 5.74) is 0.640. The number of carbonyl (C=O) groups is 1. The highest BCUT2D eigenvalue weighted by atomic mass is 16.5. The van der Waals surface area contributed by atoms with Gasteiger partial charge in [0.2, 0.25) is 0 Å². The van der Waals surface area contributed by atoms with E-state index in [4.69, 9.17) is 4.74 Å². The number of esters is 1. The van der Waals surface area contributed by atoms with Crippen molar-refractivity contribution < 1.29 is 9.53 Å². The molecule has 0 bridgehead atoms. The number of unbranched alkanes of at least 4 members (excludes halogenated alkanes) is 1. The van der Waals surface area contributed by atoms with E-state index in [9.17, 15) is 4.79 Å². The average molecular weight is 185 g/mol. The summed E-state index contributed by atoms with van der Waals surface area (Å²) < 4.78 is 5.01. The van der Waals surface area contributed by atoms with Crippen molar-refractivity contribution in [2.24, 2.45) is 0 Å². The van der Waals surface area contributed by atoms with Crippen LogP contribution in [0.2, 0.25) is 0 Å². The van der Waals surface area contributed by atoms with E-state index in [1.165, 1.54) is 0 Å². The first-order chi connectivity index (χ1) is 6.07. The van der Waals surface area contributed by atoms with Crippen LogP contribution in [0.4, 0.5) is 0 Å². The Morgan fingerprint density at radius 1 is 1.46 bits per heavy atom. The van der Waals surface area contributed by atoms with Gasteiger partial charge in [-0.3, -0.25) is 0 Å². The Morgan fingerprint density at radius 3 is 2.54 bits per heavy atom. The molecular weight excluding hydrogens is 166 g/mol. The van der Waals surface area contributed by atoms with Gasteiger partial charge in [0, 0.05) is 25.9 Å². The van der Waals surface area contributed by atoms with E-state index in [0.717, 1.165) is 12.8 Å². The maximum atomic E-state index is 11.2. The zero-order valence-corrected chi connectivity index (χ0v) is 8.96. The third-order valence-electron chi connectivity index (χ3n) is 1.50. The smallest absolute Gasteiger partial charge is 0.335 e. The topological polar surface area (TPSA) is 29.5 Å². The fourth-order valence-electron chi connectivity index (χ4n) is 0.863. The number of rotatable bonds is 5. The van der Waals surface area contributed by atoms with Crippen molar-refractivity contribution in [3.63, 3.8) is 0 Å². The van der Waals surface area contributed by atoms with E-state index in [2.05, 4.69) is 6.92 Å². The van der Waals surface area contributed by atoms with Gasteiger partial charge in [0.1, 0.15) is 0 Å². The van der Waals surface area contributed by atoms with Gasteiger partial charge in [-0.1, -0.05) is 13.3 Å². The molecule has 0 radical (unpaired) electrons. The molecular formula is C10H19NO2. The minimum atomic E-state index is -0.220. The zero-order valence-electron chi connectivity index (χ0n) is 8.96. The number of hydrogen-bond donors (Lipinski definition) is 0. The van der Waals surface area contributed by atoms with Gasteiger partial charge in [-0.05, 0) is 13.3 Å². The quantitative estimate of drug-likeness (QED) is 0.371. The third-order valence-corrected chi connectivity index (χ3v) is 1.50. The summed E-state index contributed by atoms with van der Waals surface area (Å²) in [6.07, 6.45) is 3.74. The first kappa shape index (κ1) is 12.0. The Labute approximate surface area is 80.4 Å². The lowest BCUT2D eigenvalue weighted by Crippen LogP contribution is -2.11. The minimum Gasteiger partial charge on any atom is -0.462 e. The number of ether oxygens (including phenoxy) is 1. The van der Waals surface area contributed by atoms with Gasteiger partial charge in [-0.2, -0.15) is 0 Å². The van der Waals surface area contributed by atoms with Crippen LogP contribution >= 0.6 is 0 Å². The highest BCUT2D eigenvalue weighted by Gasteiger charge is 2.04. The van der Waals surface area contributed by atoms with Crippen LogP contribution < -0.4 is 0 Å². The molecule has 0 N–H and O–H groups in total. The standard InChI is InChI=1S/C10H19NO2/c1-5-6-7-13-10(12)9(2)8-11(3)4/h8H,5-7H2,1-4H3. The molecule has 0 fully saturated rings. The Bertz CT molecular complexity index is 185. The van der Waals surface area contributed by atoms with Gasteiger partial charge >= 0.3 is 5.97 Å². The van der Waals surface area contributed by atoms with Crippen LogP contribution in [0.25, 0.3) is 0 Å². The second-order valence-electron chi connectivity index (χ2n) is 3.27. The molecule has 0 aromatic heterocycles. The molecule has 0 spiro atoms. The average Bonchev–Trinajstić information content (AvgIpc) is 2.03. The first-order valence-electron chi connectivity index (χ1n) is 4.60. The van der Waals surface area contributed by atoms with Crippen molar-refractivity contribution in [1.82, 2.24) is 4.90 Å². The van der Waals surface area contributed by atoms with Crippen LogP contribution in [0.1, 0.15) is 26.7 Å². The van der Waals surface area contributed by atoms with Gasteiger partial charge in [-0.15, -0.1) is 0 Å². The summed E-state index contributed by atoms with van der Waals surface area (Å²) in [4.78, 5) is 13.1. The van der Waals surface area contributed by atoms with E-state index in [-0.39, 0.29) is 5.97 Å². The predicted octanol–water partition coefficient (Wildman–Crippen LogP) is 1.80. The van der Waals surface area contributed by atoms with Crippen LogP contribution in [0.3, 0.4) is 0 Å². The molecule has 0 aromatic carbocycles. The summed E-state index contributed by atoms with van der Waals surface area (Å²) in [5.74, 6) is -0.220. The van der Waals surface area contributed by atoms with Crippen LogP contribution in [0.15, 0.2) is 11.8 Å². The second-order valence-corrected chi connectivity index (χ2v) is 3.27. The van der Waals surface area contributed by atoms with E-state index in [1.54, 1.807) is 13.1 Å². The maximum absolute atomic E-state index is 11.2. The van der Waals surface area contributed by atoms with Gasteiger partial charge in [0.25, 0.3) is 0 Å². The number of nitrogens with zero attached hydrogens (tertiary/aromatic N) is 1. The van der Waals surface area contributed by atoms with Gasteiger partial charge < -0.3 is 9.64 Å². The van der Waals surface area contributed by atoms with Crippen molar-refractivity contribution in [3.8, 4) is 0 Å². The normalized spacial score (nSPS) is 11.2. The van der Waals surface area contributed by atoms with Crippen molar-refractivity contribution in [1.29, 1.82) is 0 Å². The summed E-state index contributed by atoms with van der Waals surface area (Å²) in [7, 11) is 3.76. The molecule has 0 aromatic rings. The molecule has 0 saturated carbocycles. The third kappa shape index (κ3) is 6.20. The summed E-state index contributed by atoms with van der Waals surface area (Å²) in [5, 5.41) is 0. The van der Waals surface area contributed by atoms with E-state index in [1.807, 2.05) is 19.0 Å². The minimum absolute atomic E-state index is 0.220. The van der Waals surface area contributed by atoms with Crippen LogP contribution in [0.5, 0.6) is 0 Å². The first-order valence-corrected chi connectivity index (χ1v) is 4.60. The predicted molar refractivity (Wildman–Crippen MR) is 53.3 cm³/mol. The van der Waals surface area contributed by atoms with Crippen molar-refractivity contribution in [2.45, 2.75) is 26.7 Å². The molecule has 0 rings (SSSR count). The van der Waals surface area contributed by atoms with Gasteiger partial charge in [-0.25, -0.2) is 4.79 Å². The lowest BCUT2D eigenvalue weighted by Gasteiger charge is -2.08. The van der Waals surface area contributed by atoms with E-state index in [0.29, 0.717) is 12.2 Å². The molecule has 3 nitrogen and oxygen atoms in total. The molecule has 0 aliphatic carbocycles. The Balaban J connectivity index is 3.83. The second kappa shape index (κ2) is 6.52. The molecule has 0 amide bonds. The fraction of sp³-hybridized carbons (Fsp3) is 0.700. The summed E-state index contributed by atoms with van der Waals surface area (Å²) in [6, 6.07) is 0. The lowest BCUT2D eigenvalue weighted by molar-refractivity contribution is -0.139. The van der Waals surface area contributed by atoms with Crippen molar-refractivity contribution in [2.75, 3.05) is 20.7 Å². The molecule has 76 valence electrons. The van der Waals surface area contributed by atoms with Crippen LogP contribution in [-0.2, 0) is 9.53 Å². The van der Waals surface area contributed by atoms with Gasteiger partial charge in [0.15, 0.2) is 0 Å². The molecule has 3 heteroatoms.